The first-order valence-electron chi connectivity index (χ1n) is 5.80. The van der Waals surface area contributed by atoms with Gasteiger partial charge in [0, 0.05) is 26.5 Å². The molecule has 0 unspecified atom stereocenters. The zero-order chi connectivity index (χ0) is 13.8. The van der Waals surface area contributed by atoms with Crippen molar-refractivity contribution in [3.63, 3.8) is 0 Å². The van der Waals surface area contributed by atoms with E-state index in [1.807, 2.05) is 36.4 Å². The van der Waals surface area contributed by atoms with Crippen LogP contribution in [-0.2, 0) is 6.42 Å². The van der Waals surface area contributed by atoms with Crippen molar-refractivity contribution in [2.45, 2.75) is 6.42 Å². The highest BCUT2D eigenvalue weighted by Crippen LogP contribution is 2.34. The van der Waals surface area contributed by atoms with Gasteiger partial charge in [-0.3, -0.25) is 0 Å². The van der Waals surface area contributed by atoms with Gasteiger partial charge in [0.05, 0.1) is 14.2 Å². The Labute approximate surface area is 130 Å². The first kappa shape index (κ1) is 14.4. The van der Waals surface area contributed by atoms with Crippen LogP contribution in [0.3, 0.4) is 0 Å². The van der Waals surface area contributed by atoms with Crippen molar-refractivity contribution < 1.29 is 9.47 Å². The van der Waals surface area contributed by atoms with E-state index < -0.39 is 0 Å². The van der Waals surface area contributed by atoms with Crippen LogP contribution in [0.1, 0.15) is 11.1 Å². The molecule has 2 nitrogen and oxygen atoms in total. The maximum absolute atomic E-state index is 5.43. The lowest BCUT2D eigenvalue weighted by Crippen LogP contribution is -1.98. The summed E-state index contributed by atoms with van der Waals surface area (Å²) in [5.41, 5.74) is 2.21. The van der Waals surface area contributed by atoms with Crippen molar-refractivity contribution in [1.29, 1.82) is 0 Å². The quantitative estimate of drug-likeness (QED) is 0.751. The van der Waals surface area contributed by atoms with E-state index in [9.17, 15) is 0 Å². The van der Waals surface area contributed by atoms with Crippen molar-refractivity contribution in [3.05, 3.63) is 56.5 Å². The molecule has 19 heavy (non-hydrogen) atoms. The number of hydrogen-bond acceptors (Lipinski definition) is 2. The third-order valence-electron chi connectivity index (χ3n) is 2.95. The van der Waals surface area contributed by atoms with Gasteiger partial charge in [-0.2, -0.15) is 0 Å². The van der Waals surface area contributed by atoms with Gasteiger partial charge in [-0.15, -0.1) is 0 Å². The average Bonchev–Trinajstić information content (AvgIpc) is 2.42. The summed E-state index contributed by atoms with van der Waals surface area (Å²) in [6, 6.07) is 11.9. The molecular formula is C15H14Br2O2. The zero-order valence-electron chi connectivity index (χ0n) is 10.7. The third kappa shape index (κ3) is 3.12. The molecule has 4 heteroatoms. The van der Waals surface area contributed by atoms with Gasteiger partial charge in [-0.05, 0) is 24.3 Å². The summed E-state index contributed by atoms with van der Waals surface area (Å²) in [6.07, 6.45) is 0.731. The van der Waals surface area contributed by atoms with Crippen LogP contribution in [0.4, 0.5) is 0 Å². The van der Waals surface area contributed by atoms with Gasteiger partial charge in [-0.1, -0.05) is 44.0 Å². The first-order chi connectivity index (χ1) is 9.17. The average molecular weight is 386 g/mol. The van der Waals surface area contributed by atoms with E-state index in [1.54, 1.807) is 14.2 Å². The minimum Gasteiger partial charge on any atom is -0.496 e. The van der Waals surface area contributed by atoms with Crippen molar-refractivity contribution in [2.24, 2.45) is 0 Å². The Morgan fingerprint density at radius 2 is 1.21 bits per heavy atom. The van der Waals surface area contributed by atoms with E-state index in [-0.39, 0.29) is 0 Å². The highest BCUT2D eigenvalue weighted by atomic mass is 79.9. The first-order valence-corrected chi connectivity index (χ1v) is 7.38. The van der Waals surface area contributed by atoms with Gasteiger partial charge in [0.15, 0.2) is 0 Å². The summed E-state index contributed by atoms with van der Waals surface area (Å²) < 4.78 is 12.9. The maximum atomic E-state index is 5.43. The molecule has 0 aliphatic rings. The summed E-state index contributed by atoms with van der Waals surface area (Å²) in [7, 11) is 3.37. The van der Waals surface area contributed by atoms with Crippen LogP contribution in [0.15, 0.2) is 45.3 Å². The van der Waals surface area contributed by atoms with Gasteiger partial charge in [-0.25, -0.2) is 0 Å². The van der Waals surface area contributed by atoms with Crippen molar-refractivity contribution in [3.8, 4) is 11.5 Å². The smallest absolute Gasteiger partial charge is 0.123 e. The predicted octanol–water partition coefficient (Wildman–Crippen LogP) is 4.82. The number of benzene rings is 2. The second-order valence-corrected chi connectivity index (χ2v) is 5.73. The highest BCUT2D eigenvalue weighted by Gasteiger charge is 2.13. The van der Waals surface area contributed by atoms with E-state index in [0.717, 1.165) is 38.0 Å². The Bertz CT molecular complexity index is 531. The molecule has 2 aromatic rings. The van der Waals surface area contributed by atoms with Crippen LogP contribution in [0.25, 0.3) is 0 Å². The van der Waals surface area contributed by atoms with Crippen molar-refractivity contribution >= 4 is 31.9 Å². The topological polar surface area (TPSA) is 18.5 Å². The summed E-state index contributed by atoms with van der Waals surface area (Å²) in [5.74, 6) is 1.74. The Morgan fingerprint density at radius 3 is 1.58 bits per heavy atom. The molecule has 0 saturated carbocycles. The van der Waals surface area contributed by atoms with E-state index in [2.05, 4.69) is 31.9 Å². The Balaban J connectivity index is 2.47. The fourth-order valence-corrected chi connectivity index (χ4v) is 2.96. The molecule has 0 aliphatic carbocycles. The molecule has 0 aliphatic heterocycles. The molecule has 2 aromatic carbocycles. The van der Waals surface area contributed by atoms with Gasteiger partial charge >= 0.3 is 0 Å². The van der Waals surface area contributed by atoms with E-state index in [0.29, 0.717) is 0 Å². The monoisotopic (exact) mass is 384 g/mol. The lowest BCUT2D eigenvalue weighted by Gasteiger charge is -2.14. The number of hydrogen-bond donors (Lipinski definition) is 0. The van der Waals surface area contributed by atoms with E-state index in [1.165, 1.54) is 0 Å². The Kier molecular flexibility index (Phi) is 4.88. The molecule has 0 N–H and O–H groups in total. The molecule has 0 heterocycles. The molecule has 0 spiro atoms. The van der Waals surface area contributed by atoms with Crippen LogP contribution in [-0.4, -0.2) is 14.2 Å². The molecule has 0 bridgehead atoms. The number of rotatable bonds is 4. The molecule has 0 amide bonds. The fourth-order valence-electron chi connectivity index (χ4n) is 1.98. The molecular weight excluding hydrogens is 372 g/mol. The second kappa shape index (κ2) is 6.44. The summed E-state index contributed by atoms with van der Waals surface area (Å²) in [4.78, 5) is 0. The highest BCUT2D eigenvalue weighted by molar-refractivity contribution is 9.10. The number of methoxy groups -OCH3 is 2. The van der Waals surface area contributed by atoms with Gasteiger partial charge in [0.2, 0.25) is 0 Å². The maximum Gasteiger partial charge on any atom is 0.123 e. The Hall–Kier alpha value is -1.00. The lowest BCUT2D eigenvalue weighted by molar-refractivity contribution is 0.405. The molecule has 0 atom stereocenters. The largest absolute Gasteiger partial charge is 0.496 e. The van der Waals surface area contributed by atoms with Crippen LogP contribution in [0, 0.1) is 0 Å². The van der Waals surface area contributed by atoms with Crippen molar-refractivity contribution in [2.75, 3.05) is 14.2 Å². The SMILES string of the molecule is COc1cccc(Br)c1Cc1c(Br)cccc1OC. The van der Waals surface area contributed by atoms with Crippen molar-refractivity contribution in [1.82, 2.24) is 0 Å². The summed E-state index contributed by atoms with van der Waals surface area (Å²) in [6.45, 7) is 0. The normalized spacial score (nSPS) is 10.3. The molecule has 0 radical (unpaired) electrons. The summed E-state index contributed by atoms with van der Waals surface area (Å²) >= 11 is 7.16. The molecule has 2 rings (SSSR count). The number of halogens is 2. The molecule has 100 valence electrons. The van der Waals surface area contributed by atoms with Gasteiger partial charge in [0.1, 0.15) is 11.5 Å². The van der Waals surface area contributed by atoms with Gasteiger partial charge < -0.3 is 9.47 Å². The van der Waals surface area contributed by atoms with E-state index >= 15 is 0 Å². The zero-order valence-corrected chi connectivity index (χ0v) is 13.9. The van der Waals surface area contributed by atoms with Crippen LogP contribution >= 0.6 is 31.9 Å². The fraction of sp³-hybridized carbons (Fsp3) is 0.200. The number of ether oxygens (including phenoxy) is 2. The standard InChI is InChI=1S/C15H14Br2O2/c1-18-14-7-3-5-12(16)10(14)9-11-13(17)6-4-8-15(11)19-2/h3-8H,9H2,1-2H3. The lowest BCUT2D eigenvalue weighted by atomic mass is 10.0. The van der Waals surface area contributed by atoms with Crippen LogP contribution in [0.2, 0.25) is 0 Å². The second-order valence-electron chi connectivity index (χ2n) is 4.02. The van der Waals surface area contributed by atoms with Crippen LogP contribution < -0.4 is 9.47 Å². The molecule has 0 aromatic heterocycles. The molecule has 0 fully saturated rings. The molecule has 0 saturated heterocycles. The Morgan fingerprint density at radius 1 is 0.789 bits per heavy atom. The van der Waals surface area contributed by atoms with Crippen LogP contribution in [0.5, 0.6) is 11.5 Å². The van der Waals surface area contributed by atoms with Gasteiger partial charge in [0.25, 0.3) is 0 Å². The minimum absolute atomic E-state index is 0.731. The van der Waals surface area contributed by atoms with E-state index in [4.69, 9.17) is 9.47 Å². The third-order valence-corrected chi connectivity index (χ3v) is 4.43. The summed E-state index contributed by atoms with van der Waals surface area (Å²) in [5, 5.41) is 0. The predicted molar refractivity (Wildman–Crippen MR) is 84.2 cm³/mol. The minimum atomic E-state index is 0.731.